The van der Waals surface area contributed by atoms with Gasteiger partial charge in [-0.2, -0.15) is 17.0 Å². The lowest BCUT2D eigenvalue weighted by Gasteiger charge is -2.43. The van der Waals surface area contributed by atoms with Gasteiger partial charge in [0.05, 0.1) is 5.41 Å². The van der Waals surface area contributed by atoms with E-state index in [0.29, 0.717) is 71.9 Å². The van der Waals surface area contributed by atoms with Gasteiger partial charge in [-0.05, 0) is 19.9 Å². The zero-order valence-electron chi connectivity index (χ0n) is 15.6. The maximum Gasteiger partial charge on any atom is 0.282 e. The molecule has 0 spiro atoms. The molecule has 0 aromatic carbocycles. The molecule has 10 heteroatoms. The molecule has 3 fully saturated rings. The van der Waals surface area contributed by atoms with Crippen LogP contribution >= 0.6 is 0 Å². The maximum absolute atomic E-state index is 13.0. The smallest absolute Gasteiger partial charge is 0.282 e. The number of nitrogens with zero attached hydrogens (tertiary/aromatic N) is 4. The number of hydrogen-bond donors (Lipinski definition) is 1. The number of carbonyl (C=O) groups excluding carboxylic acids is 1. The number of hydrogen-bond acceptors (Lipinski definition) is 6. The summed E-state index contributed by atoms with van der Waals surface area (Å²) in [6.07, 6.45) is 1.28. The topological polar surface area (TPSA) is 99.4 Å². The Morgan fingerprint density at radius 3 is 1.96 bits per heavy atom. The van der Waals surface area contributed by atoms with Gasteiger partial charge in [0.25, 0.3) is 10.2 Å². The number of rotatable bonds is 4. The summed E-state index contributed by atoms with van der Waals surface area (Å²) < 4.78 is 34.1. The van der Waals surface area contributed by atoms with Crippen molar-refractivity contribution in [2.45, 2.75) is 12.8 Å². The van der Waals surface area contributed by atoms with Crippen molar-refractivity contribution in [3.05, 3.63) is 0 Å². The molecule has 0 aromatic heterocycles. The van der Waals surface area contributed by atoms with Gasteiger partial charge in [0.15, 0.2) is 0 Å². The zero-order valence-corrected chi connectivity index (χ0v) is 16.4. The normalized spacial score (nSPS) is 26.8. The molecule has 26 heavy (non-hydrogen) atoms. The molecule has 0 unspecified atom stereocenters. The van der Waals surface area contributed by atoms with E-state index < -0.39 is 15.6 Å². The van der Waals surface area contributed by atoms with Crippen molar-refractivity contribution in [3.8, 4) is 0 Å². The molecule has 1 amide bonds. The van der Waals surface area contributed by atoms with E-state index in [1.807, 2.05) is 7.05 Å². The highest BCUT2D eigenvalue weighted by atomic mass is 32.2. The fourth-order valence-corrected chi connectivity index (χ4v) is 5.48. The van der Waals surface area contributed by atoms with Crippen molar-refractivity contribution in [1.82, 2.24) is 18.4 Å². The van der Waals surface area contributed by atoms with Crippen LogP contribution in [0.15, 0.2) is 0 Å². The molecule has 3 aliphatic rings. The molecule has 3 aliphatic heterocycles. The van der Waals surface area contributed by atoms with Crippen LogP contribution in [0.5, 0.6) is 0 Å². The minimum atomic E-state index is -3.45. The van der Waals surface area contributed by atoms with Crippen molar-refractivity contribution in [2.24, 2.45) is 11.1 Å². The Bertz CT molecular complexity index is 592. The van der Waals surface area contributed by atoms with E-state index in [-0.39, 0.29) is 5.91 Å². The second-order valence-corrected chi connectivity index (χ2v) is 9.43. The fraction of sp³-hybridized carbons (Fsp3) is 0.938. The van der Waals surface area contributed by atoms with Gasteiger partial charge in [0.2, 0.25) is 5.91 Å². The third-order valence-electron chi connectivity index (χ3n) is 5.93. The quantitative estimate of drug-likeness (QED) is 0.620. The fourth-order valence-electron chi connectivity index (χ4n) is 3.91. The van der Waals surface area contributed by atoms with Crippen LogP contribution in [0.25, 0.3) is 0 Å². The summed E-state index contributed by atoms with van der Waals surface area (Å²) in [5, 5.41) is 0. The first kappa shape index (κ1) is 20.0. The first-order chi connectivity index (χ1) is 12.4. The minimum Gasteiger partial charge on any atom is -0.381 e. The third-order valence-corrected chi connectivity index (χ3v) is 7.97. The van der Waals surface area contributed by atoms with Crippen molar-refractivity contribution >= 4 is 16.1 Å². The molecule has 2 N–H and O–H groups in total. The van der Waals surface area contributed by atoms with E-state index in [2.05, 4.69) is 4.90 Å². The van der Waals surface area contributed by atoms with E-state index in [9.17, 15) is 13.2 Å². The van der Waals surface area contributed by atoms with Gasteiger partial charge < -0.3 is 20.3 Å². The molecule has 0 bridgehead atoms. The SMILES string of the molecule is CN1CCN(S(=O)(=O)N2CCN(C(=O)C3(CN)CCOCC3)CC2)CC1. The summed E-state index contributed by atoms with van der Waals surface area (Å²) in [6.45, 7) is 5.51. The van der Waals surface area contributed by atoms with Crippen LogP contribution in [0.4, 0.5) is 0 Å². The lowest BCUT2D eigenvalue weighted by molar-refractivity contribution is -0.148. The maximum atomic E-state index is 13.0. The van der Waals surface area contributed by atoms with E-state index in [0.717, 1.165) is 13.1 Å². The van der Waals surface area contributed by atoms with E-state index in [1.54, 1.807) is 9.21 Å². The third kappa shape index (κ3) is 3.90. The monoisotopic (exact) mass is 389 g/mol. The lowest BCUT2D eigenvalue weighted by atomic mass is 9.78. The van der Waals surface area contributed by atoms with Crippen LogP contribution < -0.4 is 5.73 Å². The van der Waals surface area contributed by atoms with E-state index in [4.69, 9.17) is 10.5 Å². The molecule has 3 rings (SSSR count). The largest absolute Gasteiger partial charge is 0.381 e. The van der Waals surface area contributed by atoms with Gasteiger partial charge in [-0.1, -0.05) is 0 Å². The van der Waals surface area contributed by atoms with Gasteiger partial charge in [-0.15, -0.1) is 0 Å². The Kier molecular flexibility index (Phi) is 6.20. The summed E-state index contributed by atoms with van der Waals surface area (Å²) in [5.74, 6) is 0.0555. The molecule has 0 saturated carbocycles. The van der Waals surface area contributed by atoms with Crippen molar-refractivity contribution in [3.63, 3.8) is 0 Å². The highest BCUT2D eigenvalue weighted by Gasteiger charge is 2.43. The predicted octanol–water partition coefficient (Wildman–Crippen LogP) is -1.62. The number of piperazine rings is 2. The lowest BCUT2D eigenvalue weighted by Crippen LogP contribution is -2.59. The standard InChI is InChI=1S/C16H31N5O4S/c1-18-4-8-20(9-5-18)26(23,24)21-10-6-19(7-11-21)15(22)16(14-17)2-12-25-13-3-16/h2-14,17H2,1H3. The van der Waals surface area contributed by atoms with Crippen molar-refractivity contribution in [1.29, 1.82) is 0 Å². The predicted molar refractivity (Wildman–Crippen MR) is 97.7 cm³/mol. The van der Waals surface area contributed by atoms with Crippen molar-refractivity contribution < 1.29 is 17.9 Å². The summed E-state index contributed by atoms with van der Waals surface area (Å²) in [4.78, 5) is 16.9. The number of carbonyl (C=O) groups is 1. The van der Waals surface area contributed by atoms with Crippen LogP contribution in [-0.2, 0) is 19.7 Å². The summed E-state index contributed by atoms with van der Waals surface area (Å²) in [6, 6.07) is 0. The van der Waals surface area contributed by atoms with Gasteiger partial charge >= 0.3 is 0 Å². The zero-order chi connectivity index (χ0) is 18.8. The van der Waals surface area contributed by atoms with Crippen LogP contribution in [0, 0.1) is 5.41 Å². The van der Waals surface area contributed by atoms with Gasteiger partial charge in [-0.3, -0.25) is 4.79 Å². The number of nitrogens with two attached hydrogens (primary N) is 1. The van der Waals surface area contributed by atoms with Crippen LogP contribution in [0.2, 0.25) is 0 Å². The van der Waals surface area contributed by atoms with Crippen LogP contribution in [0.3, 0.4) is 0 Å². The van der Waals surface area contributed by atoms with Gasteiger partial charge in [-0.25, -0.2) is 0 Å². The molecule has 3 heterocycles. The van der Waals surface area contributed by atoms with Gasteiger partial charge in [0.1, 0.15) is 0 Å². The first-order valence-corrected chi connectivity index (χ1v) is 10.8. The first-order valence-electron chi connectivity index (χ1n) is 9.40. The highest BCUT2D eigenvalue weighted by Crippen LogP contribution is 2.32. The average Bonchev–Trinajstić information content (AvgIpc) is 2.68. The Balaban J connectivity index is 1.59. The second kappa shape index (κ2) is 8.07. The number of likely N-dealkylation sites (N-methyl/N-ethyl adjacent to an activating group) is 1. The highest BCUT2D eigenvalue weighted by molar-refractivity contribution is 7.86. The average molecular weight is 390 g/mol. The molecule has 150 valence electrons. The Labute approximate surface area is 156 Å². The number of ether oxygens (including phenoxy) is 1. The molecular weight excluding hydrogens is 358 g/mol. The summed E-state index contributed by atoms with van der Waals surface area (Å²) in [7, 11) is -1.45. The van der Waals surface area contributed by atoms with Crippen LogP contribution in [-0.4, -0.2) is 112 Å². The molecule has 0 radical (unpaired) electrons. The number of amides is 1. The molecule has 0 aromatic rings. The summed E-state index contributed by atoms with van der Waals surface area (Å²) in [5.41, 5.74) is 5.39. The molecule has 0 aliphatic carbocycles. The minimum absolute atomic E-state index is 0.0555. The molecular formula is C16H31N5O4S. The molecule has 0 atom stereocenters. The second-order valence-electron chi connectivity index (χ2n) is 7.50. The Morgan fingerprint density at radius 1 is 0.962 bits per heavy atom. The van der Waals surface area contributed by atoms with Crippen LogP contribution in [0.1, 0.15) is 12.8 Å². The Hall–Kier alpha value is -0.780. The Morgan fingerprint density at radius 2 is 1.46 bits per heavy atom. The molecule has 9 nitrogen and oxygen atoms in total. The van der Waals surface area contributed by atoms with Gasteiger partial charge in [0, 0.05) is 72.1 Å². The van der Waals surface area contributed by atoms with Crippen molar-refractivity contribution in [2.75, 3.05) is 79.2 Å². The molecule has 3 saturated heterocycles. The van der Waals surface area contributed by atoms with E-state index in [1.165, 1.54) is 4.31 Å². The summed E-state index contributed by atoms with van der Waals surface area (Å²) >= 11 is 0. The van der Waals surface area contributed by atoms with E-state index >= 15 is 0 Å².